The zero-order valence-electron chi connectivity index (χ0n) is 17.0. The van der Waals surface area contributed by atoms with Crippen molar-refractivity contribution < 1.29 is 22.8 Å². The standard InChI is InChI=1S/C22H18N4O5S/c1-25-11-10-23-20(25)19(27)13-2-5-15(6-3-13)24-21(28)14-4-9-17-18(12-14)32(30,31)26(22(17)29)16-7-8-16/h2-6,9-12,16H,7-8H2,1H3,(H,24,28). The Morgan fingerprint density at radius 2 is 1.75 bits per heavy atom. The number of hydrogen-bond acceptors (Lipinski definition) is 6. The fraction of sp³-hybridized carbons (Fsp3) is 0.182. The van der Waals surface area contributed by atoms with E-state index in [9.17, 15) is 22.8 Å². The van der Waals surface area contributed by atoms with Crippen LogP contribution >= 0.6 is 0 Å². The van der Waals surface area contributed by atoms with Crippen LogP contribution in [0, 0.1) is 0 Å². The number of amides is 2. The Bertz CT molecular complexity index is 1390. The molecule has 32 heavy (non-hydrogen) atoms. The smallest absolute Gasteiger partial charge is 0.269 e. The van der Waals surface area contributed by atoms with Crippen LogP contribution in [0.15, 0.2) is 59.8 Å². The van der Waals surface area contributed by atoms with Crippen LogP contribution in [-0.4, -0.2) is 45.9 Å². The number of benzene rings is 2. The number of carbonyl (C=O) groups excluding carboxylic acids is 3. The van der Waals surface area contributed by atoms with Crippen LogP contribution in [-0.2, 0) is 17.1 Å². The summed E-state index contributed by atoms with van der Waals surface area (Å²) in [6.07, 6.45) is 4.53. The molecule has 5 rings (SSSR count). The van der Waals surface area contributed by atoms with Gasteiger partial charge in [-0.05, 0) is 55.3 Å². The predicted octanol–water partition coefficient (Wildman–Crippen LogP) is 2.21. The summed E-state index contributed by atoms with van der Waals surface area (Å²) in [4.78, 5) is 41.6. The average molecular weight is 450 g/mol. The number of imidazole rings is 1. The van der Waals surface area contributed by atoms with Gasteiger partial charge in [-0.3, -0.25) is 14.4 Å². The Morgan fingerprint density at radius 1 is 1.06 bits per heavy atom. The highest BCUT2D eigenvalue weighted by Crippen LogP contribution is 2.39. The van der Waals surface area contributed by atoms with Gasteiger partial charge < -0.3 is 9.88 Å². The van der Waals surface area contributed by atoms with Crippen molar-refractivity contribution in [3.63, 3.8) is 0 Å². The molecular formula is C22H18N4O5S. The summed E-state index contributed by atoms with van der Waals surface area (Å²) < 4.78 is 28.1. The molecule has 1 saturated carbocycles. The number of ketones is 1. The highest BCUT2D eigenvalue weighted by Gasteiger charge is 2.48. The number of nitrogens with one attached hydrogen (secondary N) is 1. The van der Waals surface area contributed by atoms with Crippen molar-refractivity contribution in [3.05, 3.63) is 77.4 Å². The van der Waals surface area contributed by atoms with Crippen LogP contribution in [0.2, 0.25) is 0 Å². The molecule has 1 aromatic heterocycles. The third kappa shape index (κ3) is 3.19. The molecule has 2 amide bonds. The Balaban J connectivity index is 1.35. The molecule has 0 unspecified atom stereocenters. The first kappa shape index (κ1) is 20.1. The van der Waals surface area contributed by atoms with Crippen LogP contribution in [0.1, 0.15) is 49.7 Å². The predicted molar refractivity (Wildman–Crippen MR) is 114 cm³/mol. The normalized spacial score (nSPS) is 16.7. The summed E-state index contributed by atoms with van der Waals surface area (Å²) in [6, 6.07) is 10.1. The number of hydrogen-bond donors (Lipinski definition) is 1. The lowest BCUT2D eigenvalue weighted by molar-refractivity contribution is 0.0864. The van der Waals surface area contributed by atoms with Gasteiger partial charge in [0.05, 0.1) is 5.56 Å². The second-order valence-corrected chi connectivity index (χ2v) is 9.55. The summed E-state index contributed by atoms with van der Waals surface area (Å²) in [5.41, 5.74) is 1.06. The van der Waals surface area contributed by atoms with Gasteiger partial charge in [-0.2, -0.15) is 0 Å². The molecule has 2 aromatic carbocycles. The average Bonchev–Trinajstić information content (AvgIpc) is 3.47. The molecule has 9 nitrogen and oxygen atoms in total. The van der Waals surface area contributed by atoms with E-state index in [0.717, 1.165) is 4.31 Å². The van der Waals surface area contributed by atoms with Gasteiger partial charge in [-0.1, -0.05) is 0 Å². The van der Waals surface area contributed by atoms with E-state index in [4.69, 9.17) is 0 Å². The van der Waals surface area contributed by atoms with Gasteiger partial charge in [-0.25, -0.2) is 17.7 Å². The highest BCUT2D eigenvalue weighted by atomic mass is 32.2. The van der Waals surface area contributed by atoms with Crippen LogP contribution in [0.3, 0.4) is 0 Å². The highest BCUT2D eigenvalue weighted by molar-refractivity contribution is 7.90. The van der Waals surface area contributed by atoms with Crippen molar-refractivity contribution in [3.8, 4) is 0 Å². The van der Waals surface area contributed by atoms with Crippen LogP contribution < -0.4 is 5.32 Å². The molecule has 3 aromatic rings. The van der Waals surface area contributed by atoms with Crippen molar-refractivity contribution in [1.29, 1.82) is 0 Å². The van der Waals surface area contributed by atoms with E-state index in [2.05, 4.69) is 10.3 Å². The molecule has 1 aliphatic heterocycles. The molecule has 2 aliphatic rings. The fourth-order valence-corrected chi connectivity index (χ4v) is 5.52. The summed E-state index contributed by atoms with van der Waals surface area (Å²) in [5, 5.41) is 2.68. The monoisotopic (exact) mass is 450 g/mol. The lowest BCUT2D eigenvalue weighted by atomic mass is 10.1. The van der Waals surface area contributed by atoms with Crippen molar-refractivity contribution in [2.75, 3.05) is 5.32 Å². The Kier molecular flexibility index (Phi) is 4.48. The Hall–Kier alpha value is -3.79. The molecule has 0 saturated heterocycles. The maximum atomic E-state index is 12.8. The molecule has 1 N–H and O–H groups in total. The maximum Gasteiger partial charge on any atom is 0.269 e. The van der Waals surface area contributed by atoms with Gasteiger partial charge in [0.25, 0.3) is 21.8 Å². The molecule has 0 spiro atoms. The van der Waals surface area contributed by atoms with Crippen LogP contribution in [0.4, 0.5) is 5.69 Å². The second kappa shape index (κ2) is 7.13. The van der Waals surface area contributed by atoms with E-state index in [1.807, 2.05) is 0 Å². The molecule has 2 heterocycles. The maximum absolute atomic E-state index is 12.8. The molecule has 0 radical (unpaired) electrons. The number of anilines is 1. The number of nitrogens with zero attached hydrogens (tertiary/aromatic N) is 3. The third-order valence-electron chi connectivity index (χ3n) is 5.52. The summed E-state index contributed by atoms with van der Waals surface area (Å²) in [5.74, 6) is -1.01. The van der Waals surface area contributed by atoms with Crippen molar-refractivity contribution in [2.45, 2.75) is 23.8 Å². The minimum absolute atomic E-state index is 0.0885. The Morgan fingerprint density at radius 3 is 2.38 bits per heavy atom. The summed E-state index contributed by atoms with van der Waals surface area (Å²) in [6.45, 7) is 0. The number of carbonyl (C=O) groups is 3. The molecule has 1 fully saturated rings. The quantitative estimate of drug-likeness (QED) is 0.596. The third-order valence-corrected chi connectivity index (χ3v) is 7.39. The molecule has 0 atom stereocenters. The minimum Gasteiger partial charge on any atom is -0.331 e. The van der Waals surface area contributed by atoms with Gasteiger partial charge in [0.1, 0.15) is 4.90 Å². The topological polar surface area (TPSA) is 118 Å². The number of sulfonamides is 1. The van der Waals surface area contributed by atoms with Gasteiger partial charge in [0, 0.05) is 42.3 Å². The van der Waals surface area contributed by atoms with E-state index in [1.165, 1.54) is 24.4 Å². The van der Waals surface area contributed by atoms with Crippen LogP contribution in [0.25, 0.3) is 0 Å². The zero-order valence-corrected chi connectivity index (χ0v) is 17.8. The summed E-state index contributed by atoms with van der Waals surface area (Å²) >= 11 is 0. The minimum atomic E-state index is -3.94. The molecule has 0 bridgehead atoms. The molecular weight excluding hydrogens is 432 g/mol. The molecule has 1 aliphatic carbocycles. The SMILES string of the molecule is Cn1ccnc1C(=O)c1ccc(NC(=O)c2ccc3c(c2)S(=O)(=O)N(C2CC2)C3=O)cc1. The number of aromatic nitrogens is 2. The largest absolute Gasteiger partial charge is 0.331 e. The zero-order chi connectivity index (χ0) is 22.6. The van der Waals surface area contributed by atoms with Crippen molar-refractivity contribution >= 4 is 33.3 Å². The van der Waals surface area contributed by atoms with E-state index >= 15 is 0 Å². The van der Waals surface area contributed by atoms with Crippen molar-refractivity contribution in [1.82, 2.24) is 13.9 Å². The van der Waals surface area contributed by atoms with Gasteiger partial charge in [-0.15, -0.1) is 0 Å². The number of aryl methyl sites for hydroxylation is 1. The van der Waals surface area contributed by atoms with Gasteiger partial charge in [0.2, 0.25) is 5.78 Å². The van der Waals surface area contributed by atoms with Crippen molar-refractivity contribution in [2.24, 2.45) is 7.05 Å². The Labute approximate surface area is 183 Å². The van der Waals surface area contributed by atoms with Crippen LogP contribution in [0.5, 0.6) is 0 Å². The lowest BCUT2D eigenvalue weighted by Gasteiger charge is -2.13. The first-order valence-electron chi connectivity index (χ1n) is 9.93. The van der Waals surface area contributed by atoms with Gasteiger partial charge in [0.15, 0.2) is 5.82 Å². The molecule has 162 valence electrons. The van der Waals surface area contributed by atoms with E-state index in [-0.39, 0.29) is 27.8 Å². The summed E-state index contributed by atoms with van der Waals surface area (Å²) in [7, 11) is -2.22. The second-order valence-electron chi connectivity index (χ2n) is 7.77. The lowest BCUT2D eigenvalue weighted by Crippen LogP contribution is -2.31. The number of rotatable bonds is 5. The first-order chi connectivity index (χ1) is 15.3. The number of fused-ring (bicyclic) bond motifs is 1. The van der Waals surface area contributed by atoms with E-state index < -0.39 is 21.8 Å². The van der Waals surface area contributed by atoms with E-state index in [0.29, 0.717) is 29.9 Å². The van der Waals surface area contributed by atoms with Gasteiger partial charge >= 0.3 is 0 Å². The first-order valence-corrected chi connectivity index (χ1v) is 11.4. The fourth-order valence-electron chi connectivity index (χ4n) is 3.68. The molecule has 10 heteroatoms. The van der Waals surface area contributed by atoms with E-state index in [1.54, 1.807) is 42.1 Å².